The van der Waals surface area contributed by atoms with Gasteiger partial charge in [-0.1, -0.05) is 36.4 Å². The van der Waals surface area contributed by atoms with Crippen LogP contribution in [-0.4, -0.2) is 23.9 Å². The lowest BCUT2D eigenvalue weighted by Gasteiger charge is -2.20. The molecule has 0 bridgehead atoms. The molecule has 0 saturated heterocycles. The highest BCUT2D eigenvalue weighted by atomic mass is 32.2. The Bertz CT molecular complexity index is 1540. The fourth-order valence-electron chi connectivity index (χ4n) is 3.88. The van der Waals surface area contributed by atoms with E-state index in [1.54, 1.807) is 51.1 Å². The van der Waals surface area contributed by atoms with Crippen molar-refractivity contribution in [3.63, 3.8) is 0 Å². The van der Waals surface area contributed by atoms with Crippen LogP contribution in [0.3, 0.4) is 0 Å². The summed E-state index contributed by atoms with van der Waals surface area (Å²) < 4.78 is 67.0. The lowest BCUT2D eigenvalue weighted by atomic mass is 9.99. The Hall–Kier alpha value is -3.56. The van der Waals surface area contributed by atoms with Crippen LogP contribution in [0.5, 0.6) is 0 Å². The number of rotatable bonds is 5. The van der Waals surface area contributed by atoms with Gasteiger partial charge < -0.3 is 0 Å². The first-order chi connectivity index (χ1) is 17.2. The van der Waals surface area contributed by atoms with Crippen molar-refractivity contribution >= 4 is 10.0 Å². The molecule has 0 fully saturated rings. The minimum Gasteiger partial charge on any atom is -0.253 e. The smallest absolute Gasteiger partial charge is 0.253 e. The number of hydrogen-bond acceptors (Lipinski definition) is 4. The number of halogens is 3. The average Bonchev–Trinajstić information content (AvgIpc) is 2.82. The molecule has 0 aliphatic carbocycles. The van der Waals surface area contributed by atoms with E-state index in [1.807, 2.05) is 37.3 Å². The highest BCUT2D eigenvalue weighted by Gasteiger charge is 2.32. The number of aromatic nitrogens is 2. The van der Waals surface area contributed by atoms with Crippen molar-refractivity contribution in [1.82, 2.24) is 14.7 Å². The SMILES string of the molecule is Cc1cc(-c2ccc(C(F)(F)F)nc2)cc(-c2cccc(-c3cccc(S(=O)(=O)NC(C)(C)C)c3)c2)n1. The molecule has 0 aliphatic rings. The summed E-state index contributed by atoms with van der Waals surface area (Å²) in [6.45, 7) is 7.15. The first kappa shape index (κ1) is 26.5. The zero-order valence-electron chi connectivity index (χ0n) is 20.8. The maximum absolute atomic E-state index is 12.9. The second-order valence-electron chi connectivity index (χ2n) is 9.78. The van der Waals surface area contributed by atoms with Crippen molar-refractivity contribution in [3.05, 3.63) is 90.4 Å². The topological polar surface area (TPSA) is 72.0 Å². The highest BCUT2D eigenvalue weighted by molar-refractivity contribution is 7.89. The molecule has 2 heterocycles. The molecule has 9 heteroatoms. The van der Waals surface area contributed by atoms with Crippen LogP contribution in [0.15, 0.2) is 83.9 Å². The molecular weight excluding hydrogens is 499 g/mol. The third-order valence-electron chi connectivity index (χ3n) is 5.42. The van der Waals surface area contributed by atoms with Crippen molar-refractivity contribution in [2.24, 2.45) is 0 Å². The summed E-state index contributed by atoms with van der Waals surface area (Å²) in [6.07, 6.45) is -3.30. The number of sulfonamides is 1. The second-order valence-corrected chi connectivity index (χ2v) is 11.5. The van der Waals surface area contributed by atoms with Gasteiger partial charge in [0, 0.05) is 28.6 Å². The molecule has 1 N–H and O–H groups in total. The number of aryl methyl sites for hydroxylation is 1. The summed E-state index contributed by atoms with van der Waals surface area (Å²) in [4.78, 5) is 8.34. The molecule has 5 nitrogen and oxygen atoms in total. The van der Waals surface area contributed by atoms with E-state index < -0.39 is 27.4 Å². The number of benzene rings is 2. The zero-order chi connectivity index (χ0) is 27.0. The molecule has 192 valence electrons. The summed E-state index contributed by atoms with van der Waals surface area (Å²) in [5, 5.41) is 0. The van der Waals surface area contributed by atoms with Crippen molar-refractivity contribution in [2.45, 2.75) is 44.3 Å². The third-order valence-corrected chi connectivity index (χ3v) is 7.17. The van der Waals surface area contributed by atoms with Gasteiger partial charge in [-0.15, -0.1) is 0 Å². The zero-order valence-corrected chi connectivity index (χ0v) is 21.6. The molecule has 2 aromatic carbocycles. The van der Waals surface area contributed by atoms with Crippen LogP contribution in [0.25, 0.3) is 33.5 Å². The number of pyridine rings is 2. The van der Waals surface area contributed by atoms with E-state index in [0.717, 1.165) is 22.8 Å². The van der Waals surface area contributed by atoms with Gasteiger partial charge in [0.05, 0.1) is 10.6 Å². The van der Waals surface area contributed by atoms with Gasteiger partial charge in [0.25, 0.3) is 0 Å². The Morgan fingerprint density at radius 3 is 2.03 bits per heavy atom. The first-order valence-electron chi connectivity index (χ1n) is 11.5. The largest absolute Gasteiger partial charge is 0.433 e. The van der Waals surface area contributed by atoms with Gasteiger partial charge in [-0.3, -0.25) is 9.97 Å². The van der Waals surface area contributed by atoms with Crippen LogP contribution in [0.2, 0.25) is 0 Å². The van der Waals surface area contributed by atoms with Crippen molar-refractivity contribution < 1.29 is 21.6 Å². The fourth-order valence-corrected chi connectivity index (χ4v) is 5.34. The van der Waals surface area contributed by atoms with Gasteiger partial charge in [0.15, 0.2) is 0 Å². The van der Waals surface area contributed by atoms with Crippen LogP contribution in [0.1, 0.15) is 32.2 Å². The summed E-state index contributed by atoms with van der Waals surface area (Å²) >= 11 is 0. The van der Waals surface area contributed by atoms with Crippen molar-refractivity contribution in [1.29, 1.82) is 0 Å². The molecule has 0 atom stereocenters. The van der Waals surface area contributed by atoms with E-state index in [0.29, 0.717) is 22.5 Å². The molecule has 2 aromatic heterocycles. The quantitative estimate of drug-likeness (QED) is 0.308. The van der Waals surface area contributed by atoms with Gasteiger partial charge in [0.2, 0.25) is 10.0 Å². The van der Waals surface area contributed by atoms with E-state index in [-0.39, 0.29) is 4.90 Å². The molecule has 0 spiro atoms. The van der Waals surface area contributed by atoms with E-state index >= 15 is 0 Å². The average molecular weight is 526 g/mol. The van der Waals surface area contributed by atoms with E-state index in [2.05, 4.69) is 14.7 Å². The normalized spacial score (nSPS) is 12.5. The van der Waals surface area contributed by atoms with Crippen LogP contribution < -0.4 is 4.72 Å². The molecule has 0 saturated carbocycles. The highest BCUT2D eigenvalue weighted by Crippen LogP contribution is 2.32. The summed E-state index contributed by atoms with van der Waals surface area (Å²) in [6, 6.07) is 20.1. The maximum Gasteiger partial charge on any atom is 0.433 e. The Morgan fingerprint density at radius 1 is 0.757 bits per heavy atom. The van der Waals surface area contributed by atoms with E-state index in [4.69, 9.17) is 0 Å². The molecule has 0 amide bonds. The molecule has 0 radical (unpaired) electrons. The second kappa shape index (κ2) is 9.72. The minimum atomic E-state index is -4.50. The van der Waals surface area contributed by atoms with Gasteiger partial charge in [-0.05, 0) is 80.8 Å². The lowest BCUT2D eigenvalue weighted by Crippen LogP contribution is -2.40. The van der Waals surface area contributed by atoms with E-state index in [9.17, 15) is 21.6 Å². The van der Waals surface area contributed by atoms with Gasteiger partial charge in [0.1, 0.15) is 5.69 Å². The maximum atomic E-state index is 12.9. The van der Waals surface area contributed by atoms with Gasteiger partial charge in [-0.2, -0.15) is 13.2 Å². The molecule has 0 unspecified atom stereocenters. The number of nitrogens with one attached hydrogen (secondary N) is 1. The third kappa shape index (κ3) is 6.42. The summed E-state index contributed by atoms with van der Waals surface area (Å²) in [5.41, 5.74) is 3.29. The fraction of sp³-hybridized carbons (Fsp3) is 0.214. The number of alkyl halides is 3. The minimum absolute atomic E-state index is 0.163. The summed E-state index contributed by atoms with van der Waals surface area (Å²) in [7, 11) is -3.70. The number of hydrogen-bond donors (Lipinski definition) is 1. The Kier molecular flexibility index (Phi) is 6.96. The van der Waals surface area contributed by atoms with Crippen LogP contribution in [0, 0.1) is 6.92 Å². The standard InChI is InChI=1S/C28H26F3N3O2S/c1-18-13-23(22-11-12-26(32-17-22)28(29,30)31)16-25(33-18)21-9-5-7-19(14-21)20-8-6-10-24(15-20)37(35,36)34-27(2,3)4/h5-17,34H,1-4H3. The molecular formula is C28H26F3N3O2S. The number of nitrogens with zero attached hydrogens (tertiary/aromatic N) is 2. The molecule has 4 aromatic rings. The van der Waals surface area contributed by atoms with Crippen molar-refractivity contribution in [2.75, 3.05) is 0 Å². The molecule has 0 aliphatic heterocycles. The van der Waals surface area contributed by atoms with Crippen LogP contribution in [0.4, 0.5) is 13.2 Å². The predicted octanol–water partition coefficient (Wildman–Crippen LogP) is 6.88. The van der Waals surface area contributed by atoms with E-state index in [1.165, 1.54) is 12.3 Å². The monoisotopic (exact) mass is 525 g/mol. The summed E-state index contributed by atoms with van der Waals surface area (Å²) in [5.74, 6) is 0. The first-order valence-corrected chi connectivity index (χ1v) is 13.0. The Balaban J connectivity index is 1.70. The molecule has 37 heavy (non-hydrogen) atoms. The van der Waals surface area contributed by atoms with Crippen LogP contribution >= 0.6 is 0 Å². The van der Waals surface area contributed by atoms with Crippen LogP contribution in [-0.2, 0) is 16.2 Å². The Labute approximate surface area is 214 Å². The molecule has 4 rings (SSSR count). The predicted molar refractivity (Wildman–Crippen MR) is 138 cm³/mol. The van der Waals surface area contributed by atoms with Gasteiger partial charge >= 0.3 is 6.18 Å². The van der Waals surface area contributed by atoms with Crippen molar-refractivity contribution in [3.8, 4) is 33.5 Å². The Morgan fingerprint density at radius 2 is 1.41 bits per heavy atom. The lowest BCUT2D eigenvalue weighted by molar-refractivity contribution is -0.141. The van der Waals surface area contributed by atoms with Gasteiger partial charge in [-0.25, -0.2) is 13.1 Å².